The summed E-state index contributed by atoms with van der Waals surface area (Å²) in [6, 6.07) is 18.9. The maximum absolute atomic E-state index is 12.0. The van der Waals surface area contributed by atoms with Gasteiger partial charge in [-0.1, -0.05) is 60.7 Å². The van der Waals surface area contributed by atoms with Gasteiger partial charge in [0.15, 0.2) is 12.4 Å². The first kappa shape index (κ1) is 31.0. The average molecular weight is 575 g/mol. The summed E-state index contributed by atoms with van der Waals surface area (Å²) < 4.78 is 41.8. The molecule has 2 saturated heterocycles. The Hall–Kier alpha value is -2.90. The number of aliphatic hydroxyl groups excluding tert-OH is 2. The Morgan fingerprint density at radius 3 is 1.71 bits per heavy atom. The van der Waals surface area contributed by atoms with Gasteiger partial charge >= 0.3 is 11.9 Å². The van der Waals surface area contributed by atoms with Crippen molar-refractivity contribution in [2.45, 2.75) is 102 Å². The molecule has 10 atom stereocenters. The summed E-state index contributed by atoms with van der Waals surface area (Å²) in [5.74, 6) is -1.28. The second-order valence-electron chi connectivity index (χ2n) is 10.2. The minimum Gasteiger partial charge on any atom is -0.454 e. The summed E-state index contributed by atoms with van der Waals surface area (Å²) in [6.07, 6.45) is -10.9. The number of hydrogen-bond donors (Lipinski definition) is 2. The number of carbonyl (C=O) groups excluding carboxylic acids is 2. The number of aliphatic hydroxyl groups is 2. The molecule has 2 aliphatic heterocycles. The molecule has 4 rings (SSSR count). The largest absolute Gasteiger partial charge is 0.454 e. The molecule has 0 spiro atoms. The monoisotopic (exact) mass is 574 g/mol. The van der Waals surface area contributed by atoms with Crippen LogP contribution in [0.2, 0.25) is 0 Å². The molecule has 0 radical (unpaired) electrons. The topological polar surface area (TPSA) is 139 Å². The molecule has 2 aliphatic rings. The minimum atomic E-state index is -1.48. The van der Waals surface area contributed by atoms with Crippen LogP contribution in [0.3, 0.4) is 0 Å². The van der Waals surface area contributed by atoms with Gasteiger partial charge in [-0.2, -0.15) is 0 Å². The molecule has 0 unspecified atom stereocenters. The molecule has 11 heteroatoms. The van der Waals surface area contributed by atoms with E-state index in [0.29, 0.717) is 0 Å². The second-order valence-corrected chi connectivity index (χ2v) is 10.2. The highest BCUT2D eigenvalue weighted by Gasteiger charge is 2.53. The zero-order valence-electron chi connectivity index (χ0n) is 23.5. The van der Waals surface area contributed by atoms with Gasteiger partial charge in [0.1, 0.15) is 30.5 Å². The van der Waals surface area contributed by atoms with Crippen LogP contribution < -0.4 is 0 Å². The minimum absolute atomic E-state index is 0.128. The summed E-state index contributed by atoms with van der Waals surface area (Å²) in [7, 11) is 0. The summed E-state index contributed by atoms with van der Waals surface area (Å²) >= 11 is 0. The molecule has 2 N–H and O–H groups in total. The van der Waals surface area contributed by atoms with Gasteiger partial charge in [0.05, 0.1) is 25.4 Å². The predicted octanol–water partition coefficient (Wildman–Crippen LogP) is 2.25. The zero-order valence-corrected chi connectivity index (χ0v) is 23.5. The van der Waals surface area contributed by atoms with Crippen molar-refractivity contribution in [2.75, 3.05) is 0 Å². The summed E-state index contributed by atoms with van der Waals surface area (Å²) in [5.41, 5.74) is 1.76. The molecule has 0 aromatic heterocycles. The first-order chi connectivity index (χ1) is 19.6. The van der Waals surface area contributed by atoms with E-state index in [4.69, 9.17) is 33.2 Å². The van der Waals surface area contributed by atoms with Crippen molar-refractivity contribution in [1.82, 2.24) is 0 Å². The Kier molecular flexibility index (Phi) is 10.8. The highest BCUT2D eigenvalue weighted by atomic mass is 16.8. The van der Waals surface area contributed by atoms with E-state index < -0.39 is 73.4 Å². The van der Waals surface area contributed by atoms with Gasteiger partial charge in [-0.3, -0.25) is 9.59 Å². The number of rotatable bonds is 10. The van der Waals surface area contributed by atoms with Crippen LogP contribution in [0.15, 0.2) is 60.7 Å². The van der Waals surface area contributed by atoms with E-state index >= 15 is 0 Å². The quantitative estimate of drug-likeness (QED) is 0.404. The smallest absolute Gasteiger partial charge is 0.305 e. The molecule has 2 aromatic rings. The number of carbonyl (C=O) groups is 2. The van der Waals surface area contributed by atoms with Crippen molar-refractivity contribution in [1.29, 1.82) is 0 Å². The SMILES string of the molecule is CC(=O)O[C@@H]1O[C@@H](C)[C@@H](OCc2ccccc2)[C@@H](O[C@@H]2O[C@@H](C)[C@H](O)[C@@H](O)[C@H]2OC(C)=O)[C@@H]1OCc1ccccc1. The fourth-order valence-electron chi connectivity index (χ4n) is 4.91. The number of esters is 2. The van der Waals surface area contributed by atoms with E-state index in [9.17, 15) is 19.8 Å². The van der Waals surface area contributed by atoms with Crippen LogP contribution in [-0.2, 0) is 56.0 Å². The van der Waals surface area contributed by atoms with Crippen LogP contribution in [0.25, 0.3) is 0 Å². The first-order valence-electron chi connectivity index (χ1n) is 13.6. The van der Waals surface area contributed by atoms with Crippen molar-refractivity contribution in [3.8, 4) is 0 Å². The van der Waals surface area contributed by atoms with E-state index in [1.165, 1.54) is 13.8 Å². The van der Waals surface area contributed by atoms with Crippen molar-refractivity contribution in [2.24, 2.45) is 0 Å². The molecule has 2 heterocycles. The lowest BCUT2D eigenvalue weighted by molar-refractivity contribution is -0.360. The van der Waals surface area contributed by atoms with Gasteiger partial charge in [0, 0.05) is 13.8 Å². The maximum atomic E-state index is 12.0. The van der Waals surface area contributed by atoms with E-state index in [1.54, 1.807) is 13.8 Å². The average Bonchev–Trinajstić information content (AvgIpc) is 2.94. The Bertz CT molecular complexity index is 1110. The molecule has 2 fully saturated rings. The van der Waals surface area contributed by atoms with E-state index in [2.05, 4.69) is 0 Å². The van der Waals surface area contributed by atoms with Crippen molar-refractivity contribution in [3.05, 3.63) is 71.8 Å². The third kappa shape index (κ3) is 8.10. The molecule has 11 nitrogen and oxygen atoms in total. The van der Waals surface area contributed by atoms with Crippen LogP contribution in [-0.4, -0.2) is 83.6 Å². The molecule has 41 heavy (non-hydrogen) atoms. The van der Waals surface area contributed by atoms with E-state index in [0.717, 1.165) is 11.1 Å². The molecule has 224 valence electrons. The van der Waals surface area contributed by atoms with Crippen LogP contribution in [0.5, 0.6) is 0 Å². The number of ether oxygens (including phenoxy) is 7. The number of benzene rings is 2. The molecule has 0 bridgehead atoms. The lowest BCUT2D eigenvalue weighted by Gasteiger charge is -2.48. The summed E-state index contributed by atoms with van der Waals surface area (Å²) in [6.45, 7) is 6.09. The first-order valence-corrected chi connectivity index (χ1v) is 13.6. The van der Waals surface area contributed by atoms with Gasteiger partial charge in [0.2, 0.25) is 6.29 Å². The second kappa shape index (κ2) is 14.3. The van der Waals surface area contributed by atoms with E-state index in [1.807, 2.05) is 60.7 Å². The summed E-state index contributed by atoms with van der Waals surface area (Å²) in [4.78, 5) is 24.0. The van der Waals surface area contributed by atoms with Gasteiger partial charge in [-0.15, -0.1) is 0 Å². The molecular formula is C30H38O11. The zero-order chi connectivity index (χ0) is 29.5. The highest BCUT2D eigenvalue weighted by Crippen LogP contribution is 2.34. The Balaban J connectivity index is 1.67. The molecular weight excluding hydrogens is 536 g/mol. The molecule has 2 aromatic carbocycles. The lowest BCUT2D eigenvalue weighted by Crippen LogP contribution is -2.64. The van der Waals surface area contributed by atoms with Crippen molar-refractivity contribution >= 4 is 11.9 Å². The predicted molar refractivity (Wildman–Crippen MR) is 143 cm³/mol. The van der Waals surface area contributed by atoms with Gasteiger partial charge < -0.3 is 43.4 Å². The molecule has 0 aliphatic carbocycles. The standard InChI is InChI=1S/C30H38O11/c1-17-23(33)24(34)26(39-19(3)31)29(37-17)41-27-25(35-15-21-11-7-5-8-12-21)18(2)38-30(40-20(4)32)28(27)36-16-22-13-9-6-10-14-22/h5-14,17-18,23-30,33-34H,15-16H2,1-4H3/t17-,18-,23-,24+,25+,26+,27+,28-,29-,30-/m0/s1. The van der Waals surface area contributed by atoms with E-state index in [-0.39, 0.29) is 13.2 Å². The van der Waals surface area contributed by atoms with Gasteiger partial charge in [-0.25, -0.2) is 0 Å². The van der Waals surface area contributed by atoms with Crippen LogP contribution in [0.1, 0.15) is 38.8 Å². The fourth-order valence-corrected chi connectivity index (χ4v) is 4.91. The Labute approximate surface area is 239 Å². The maximum Gasteiger partial charge on any atom is 0.305 e. The Morgan fingerprint density at radius 2 is 1.17 bits per heavy atom. The fraction of sp³-hybridized carbons (Fsp3) is 0.533. The lowest BCUT2D eigenvalue weighted by atomic mass is 9.97. The van der Waals surface area contributed by atoms with Crippen molar-refractivity contribution in [3.63, 3.8) is 0 Å². The van der Waals surface area contributed by atoms with Gasteiger partial charge in [-0.05, 0) is 25.0 Å². The van der Waals surface area contributed by atoms with Crippen LogP contribution >= 0.6 is 0 Å². The Morgan fingerprint density at radius 1 is 0.659 bits per heavy atom. The normalized spacial score (nSPS) is 33.6. The molecule has 0 amide bonds. The van der Waals surface area contributed by atoms with Crippen LogP contribution in [0, 0.1) is 0 Å². The third-order valence-electron chi connectivity index (χ3n) is 6.96. The third-order valence-corrected chi connectivity index (χ3v) is 6.96. The van der Waals surface area contributed by atoms with Crippen LogP contribution in [0.4, 0.5) is 0 Å². The summed E-state index contributed by atoms with van der Waals surface area (Å²) in [5, 5.41) is 21.2. The number of hydrogen-bond acceptors (Lipinski definition) is 11. The van der Waals surface area contributed by atoms with Crippen molar-refractivity contribution < 1.29 is 53.0 Å². The van der Waals surface area contributed by atoms with Gasteiger partial charge in [0.25, 0.3) is 0 Å². The highest BCUT2D eigenvalue weighted by molar-refractivity contribution is 5.66. The molecule has 0 saturated carbocycles.